The van der Waals surface area contributed by atoms with Gasteiger partial charge in [0.05, 0.1) is 5.56 Å². The van der Waals surface area contributed by atoms with Gasteiger partial charge in [0.25, 0.3) is 5.91 Å². The molecule has 0 saturated heterocycles. The van der Waals surface area contributed by atoms with Crippen molar-refractivity contribution in [3.05, 3.63) is 22.3 Å². The highest BCUT2D eigenvalue weighted by Crippen LogP contribution is 2.13. The smallest absolute Gasteiger partial charge is 0.293 e. The molecule has 1 rings (SSSR count). The molecule has 0 bridgehead atoms. The number of anilines is 1. The van der Waals surface area contributed by atoms with Crippen LogP contribution in [-0.4, -0.2) is 10.9 Å². The molecule has 4 N–H and O–H groups in total. The molecule has 1 aromatic rings. The van der Waals surface area contributed by atoms with Gasteiger partial charge in [0, 0.05) is 16.6 Å². The van der Waals surface area contributed by atoms with Crippen molar-refractivity contribution in [2.45, 2.75) is 0 Å². The highest BCUT2D eigenvalue weighted by molar-refractivity contribution is 9.10. The number of hydrogen-bond donors (Lipinski definition) is 2. The Hall–Kier alpha value is -1.54. The van der Waals surface area contributed by atoms with Crippen molar-refractivity contribution in [1.29, 1.82) is 0 Å². The number of aromatic nitrogens is 1. The molecule has 1 aromatic heterocycles. The summed E-state index contributed by atoms with van der Waals surface area (Å²) >= 11 is 3.20. The molecular formula is C8H6BrN3O. The third-order valence-corrected chi connectivity index (χ3v) is 1.64. The lowest BCUT2D eigenvalue weighted by molar-refractivity contribution is -0.112. The maximum absolute atomic E-state index is 10.3. The molecule has 0 aliphatic heterocycles. The van der Waals surface area contributed by atoms with Crippen LogP contribution in [0.3, 0.4) is 0 Å². The lowest BCUT2D eigenvalue weighted by atomic mass is 10.2. The Bertz CT molecular complexity index is 406. The van der Waals surface area contributed by atoms with Crippen LogP contribution in [0.25, 0.3) is 0 Å². The van der Waals surface area contributed by atoms with Crippen LogP contribution in [-0.2, 0) is 4.79 Å². The summed E-state index contributed by atoms with van der Waals surface area (Å²) in [6.07, 6.45) is 1.55. The quantitative estimate of drug-likeness (QED) is 0.638. The zero-order chi connectivity index (χ0) is 9.84. The maximum atomic E-state index is 10.3. The number of nitrogens with two attached hydrogens (primary N) is 2. The van der Waals surface area contributed by atoms with Gasteiger partial charge in [-0.3, -0.25) is 4.79 Å². The van der Waals surface area contributed by atoms with Crippen LogP contribution in [0.15, 0.2) is 16.7 Å². The summed E-state index contributed by atoms with van der Waals surface area (Å²) in [5.41, 5.74) is 10.8. The minimum absolute atomic E-state index is 0.275. The zero-order valence-corrected chi connectivity index (χ0v) is 8.13. The van der Waals surface area contributed by atoms with Gasteiger partial charge in [-0.1, -0.05) is 5.92 Å². The Kier molecular flexibility index (Phi) is 2.88. The predicted molar refractivity (Wildman–Crippen MR) is 52.4 cm³/mol. The first-order chi connectivity index (χ1) is 6.09. The first kappa shape index (κ1) is 9.55. The fourth-order valence-electron chi connectivity index (χ4n) is 0.679. The molecule has 66 valence electrons. The van der Waals surface area contributed by atoms with E-state index in [1.807, 2.05) is 0 Å². The van der Waals surface area contributed by atoms with Gasteiger partial charge < -0.3 is 11.5 Å². The molecule has 0 aliphatic carbocycles. The molecule has 0 atom stereocenters. The second kappa shape index (κ2) is 3.92. The number of carbonyl (C=O) groups excluding carboxylic acids is 1. The minimum atomic E-state index is -0.695. The second-order valence-corrected chi connectivity index (χ2v) is 3.12. The molecule has 1 amide bonds. The number of nitrogen functional groups attached to an aromatic ring is 1. The van der Waals surface area contributed by atoms with Crippen LogP contribution in [0.1, 0.15) is 5.56 Å². The average molecular weight is 240 g/mol. The number of rotatable bonds is 0. The van der Waals surface area contributed by atoms with Gasteiger partial charge in [0.2, 0.25) is 0 Å². The van der Waals surface area contributed by atoms with E-state index in [-0.39, 0.29) is 5.82 Å². The monoisotopic (exact) mass is 239 g/mol. The van der Waals surface area contributed by atoms with Crippen LogP contribution in [0, 0.1) is 11.8 Å². The van der Waals surface area contributed by atoms with E-state index in [9.17, 15) is 4.79 Å². The van der Waals surface area contributed by atoms with Crippen molar-refractivity contribution in [2.75, 3.05) is 5.73 Å². The molecule has 0 saturated carbocycles. The molecule has 0 radical (unpaired) electrons. The SMILES string of the molecule is NC(=O)C#Cc1cc(Br)cnc1N. The van der Waals surface area contributed by atoms with Gasteiger partial charge in [-0.15, -0.1) is 0 Å². The Morgan fingerprint density at radius 3 is 2.92 bits per heavy atom. The Morgan fingerprint density at radius 1 is 1.62 bits per heavy atom. The third-order valence-electron chi connectivity index (χ3n) is 1.21. The van der Waals surface area contributed by atoms with E-state index in [0.717, 1.165) is 4.47 Å². The van der Waals surface area contributed by atoms with Crippen molar-refractivity contribution >= 4 is 27.7 Å². The summed E-state index contributed by atoms with van der Waals surface area (Å²) in [6.45, 7) is 0. The number of halogens is 1. The molecule has 13 heavy (non-hydrogen) atoms. The van der Waals surface area contributed by atoms with Gasteiger partial charge in [-0.25, -0.2) is 4.98 Å². The van der Waals surface area contributed by atoms with Crippen molar-refractivity contribution < 1.29 is 4.79 Å². The average Bonchev–Trinajstić information content (AvgIpc) is 2.06. The van der Waals surface area contributed by atoms with Gasteiger partial charge in [-0.2, -0.15) is 0 Å². The van der Waals surface area contributed by atoms with Gasteiger partial charge in [0.15, 0.2) is 0 Å². The van der Waals surface area contributed by atoms with Crippen molar-refractivity contribution in [1.82, 2.24) is 4.98 Å². The molecule has 5 heteroatoms. The zero-order valence-electron chi connectivity index (χ0n) is 6.54. The highest BCUT2D eigenvalue weighted by atomic mass is 79.9. The van der Waals surface area contributed by atoms with E-state index >= 15 is 0 Å². The molecule has 0 fully saturated rings. The van der Waals surface area contributed by atoms with E-state index in [2.05, 4.69) is 32.8 Å². The van der Waals surface area contributed by atoms with E-state index in [1.165, 1.54) is 0 Å². The molecule has 1 heterocycles. The maximum Gasteiger partial charge on any atom is 0.293 e. The lowest BCUT2D eigenvalue weighted by Gasteiger charge is -1.96. The van der Waals surface area contributed by atoms with Crippen LogP contribution in [0.2, 0.25) is 0 Å². The third kappa shape index (κ3) is 2.76. The Balaban J connectivity index is 3.09. The summed E-state index contributed by atoms with van der Waals surface area (Å²) in [7, 11) is 0. The Labute approximate surface area is 83.5 Å². The number of hydrogen-bond acceptors (Lipinski definition) is 3. The largest absolute Gasteiger partial charge is 0.383 e. The molecule has 0 aromatic carbocycles. The van der Waals surface area contributed by atoms with Crippen LogP contribution in [0.4, 0.5) is 5.82 Å². The summed E-state index contributed by atoms with van der Waals surface area (Å²) in [4.78, 5) is 14.2. The lowest BCUT2D eigenvalue weighted by Crippen LogP contribution is -2.06. The van der Waals surface area contributed by atoms with Crippen LogP contribution in [0.5, 0.6) is 0 Å². The van der Waals surface area contributed by atoms with Crippen molar-refractivity contribution in [3.8, 4) is 11.8 Å². The van der Waals surface area contributed by atoms with Crippen molar-refractivity contribution in [2.24, 2.45) is 5.73 Å². The first-order valence-electron chi connectivity index (χ1n) is 3.32. The summed E-state index contributed by atoms with van der Waals surface area (Å²) in [6, 6.07) is 1.66. The molecule has 4 nitrogen and oxygen atoms in total. The van der Waals surface area contributed by atoms with E-state index < -0.39 is 5.91 Å². The number of pyridine rings is 1. The minimum Gasteiger partial charge on any atom is -0.383 e. The van der Waals surface area contributed by atoms with E-state index in [1.54, 1.807) is 12.3 Å². The van der Waals surface area contributed by atoms with Gasteiger partial charge >= 0.3 is 0 Å². The molecule has 0 aliphatic rings. The Morgan fingerprint density at radius 2 is 2.31 bits per heavy atom. The molecule has 0 unspecified atom stereocenters. The normalized spacial score (nSPS) is 8.69. The van der Waals surface area contributed by atoms with Crippen LogP contribution < -0.4 is 11.5 Å². The molecular weight excluding hydrogens is 234 g/mol. The summed E-state index contributed by atoms with van der Waals surface area (Å²) in [5.74, 6) is 4.27. The fourth-order valence-corrected chi connectivity index (χ4v) is 1.01. The first-order valence-corrected chi connectivity index (χ1v) is 4.11. The van der Waals surface area contributed by atoms with Crippen molar-refractivity contribution in [3.63, 3.8) is 0 Å². The van der Waals surface area contributed by atoms with Crippen LogP contribution >= 0.6 is 15.9 Å². The standard InChI is InChI=1S/C8H6BrN3O/c9-6-3-5(1-2-7(10)13)8(11)12-4-6/h3-4H,(H2,10,13)(H2,11,12). The topological polar surface area (TPSA) is 82.0 Å². The van der Waals surface area contributed by atoms with E-state index in [4.69, 9.17) is 11.5 Å². The predicted octanol–water partition coefficient (Wildman–Crippen LogP) is 0.263. The fraction of sp³-hybridized carbons (Fsp3) is 0. The number of carbonyl (C=O) groups is 1. The second-order valence-electron chi connectivity index (χ2n) is 2.20. The van der Waals surface area contributed by atoms with E-state index in [0.29, 0.717) is 5.56 Å². The number of amides is 1. The summed E-state index contributed by atoms with van der Waals surface area (Å²) < 4.78 is 0.746. The summed E-state index contributed by atoms with van der Waals surface area (Å²) in [5, 5.41) is 0. The van der Waals surface area contributed by atoms with Gasteiger partial charge in [-0.05, 0) is 22.0 Å². The van der Waals surface area contributed by atoms with Gasteiger partial charge in [0.1, 0.15) is 5.82 Å². The molecule has 0 spiro atoms. The number of nitrogens with zero attached hydrogens (tertiary/aromatic N) is 1. The number of primary amides is 1. The highest BCUT2D eigenvalue weighted by Gasteiger charge is 1.97.